The first-order valence-corrected chi connectivity index (χ1v) is 11.1. The Morgan fingerprint density at radius 3 is 2.71 bits per heavy atom. The van der Waals surface area contributed by atoms with E-state index in [0.717, 1.165) is 36.7 Å². The molecule has 162 valence electrons. The summed E-state index contributed by atoms with van der Waals surface area (Å²) in [7, 11) is 1.82. The first-order chi connectivity index (χ1) is 15.2. The highest BCUT2D eigenvalue weighted by Gasteiger charge is 2.15. The molecule has 0 saturated carbocycles. The molecule has 0 atom stereocenters. The van der Waals surface area contributed by atoms with Gasteiger partial charge in [0.05, 0.1) is 11.9 Å². The fraction of sp³-hybridized carbons (Fsp3) is 0.417. The average molecular weight is 419 g/mol. The third-order valence-corrected chi connectivity index (χ3v) is 5.77. The van der Waals surface area contributed by atoms with Crippen LogP contribution in [0.5, 0.6) is 0 Å². The van der Waals surface area contributed by atoms with Crippen LogP contribution in [0.25, 0.3) is 11.4 Å². The molecule has 7 nitrogen and oxygen atoms in total. The molecule has 0 aliphatic carbocycles. The molecule has 2 aromatic heterocycles. The van der Waals surface area contributed by atoms with Gasteiger partial charge in [0.25, 0.3) is 5.91 Å². The van der Waals surface area contributed by atoms with E-state index in [9.17, 15) is 4.79 Å². The van der Waals surface area contributed by atoms with E-state index in [-0.39, 0.29) is 5.91 Å². The Morgan fingerprint density at radius 2 is 1.97 bits per heavy atom. The predicted octanol–water partition coefficient (Wildman–Crippen LogP) is 2.98. The second-order valence-corrected chi connectivity index (χ2v) is 8.26. The summed E-state index contributed by atoms with van der Waals surface area (Å²) < 4.78 is 1.64. The van der Waals surface area contributed by atoms with Crippen molar-refractivity contribution >= 4 is 5.91 Å². The SMILES string of the molecule is Cn1cc(-c2cc(C(=O)NCCCC3CCNCC3)cc(Cc3ccccc3)n2)nn1. The Kier molecular flexibility index (Phi) is 7.04. The van der Waals surface area contributed by atoms with Crippen LogP contribution in [-0.4, -0.2) is 45.5 Å². The number of nitrogens with one attached hydrogen (secondary N) is 2. The van der Waals surface area contributed by atoms with Crippen LogP contribution < -0.4 is 10.6 Å². The van der Waals surface area contributed by atoms with Crippen molar-refractivity contribution in [2.24, 2.45) is 13.0 Å². The molecule has 1 aliphatic rings. The number of carbonyl (C=O) groups is 1. The van der Waals surface area contributed by atoms with Gasteiger partial charge in [0.15, 0.2) is 0 Å². The lowest BCUT2D eigenvalue weighted by Crippen LogP contribution is -2.29. The van der Waals surface area contributed by atoms with Gasteiger partial charge in [0, 0.05) is 31.3 Å². The van der Waals surface area contributed by atoms with Crippen LogP contribution >= 0.6 is 0 Å². The van der Waals surface area contributed by atoms with Gasteiger partial charge in [-0.3, -0.25) is 14.5 Å². The maximum absolute atomic E-state index is 12.9. The van der Waals surface area contributed by atoms with E-state index in [0.29, 0.717) is 29.9 Å². The number of carbonyl (C=O) groups excluding carboxylic acids is 1. The standard InChI is InChI=1S/C24H30N6O/c1-30-17-23(28-29-30)22-16-20(15-21(27-22)14-19-6-3-2-4-7-19)24(31)26-11-5-8-18-9-12-25-13-10-18/h2-4,6-7,15-18,25H,5,8-14H2,1H3,(H,26,31). The summed E-state index contributed by atoms with van der Waals surface area (Å²) in [5.41, 5.74) is 3.94. The van der Waals surface area contributed by atoms with Gasteiger partial charge in [-0.2, -0.15) is 0 Å². The molecular weight excluding hydrogens is 388 g/mol. The molecule has 4 rings (SSSR count). The first-order valence-electron chi connectivity index (χ1n) is 11.1. The third kappa shape index (κ3) is 5.98. The highest BCUT2D eigenvalue weighted by atomic mass is 16.1. The number of hydrogen-bond acceptors (Lipinski definition) is 5. The lowest BCUT2D eigenvalue weighted by molar-refractivity contribution is 0.0952. The Labute approximate surface area is 183 Å². The first kappa shape index (κ1) is 21.2. The number of rotatable bonds is 8. The molecule has 7 heteroatoms. The van der Waals surface area contributed by atoms with Crippen LogP contribution in [0.4, 0.5) is 0 Å². The number of aromatic nitrogens is 4. The Hall–Kier alpha value is -3.06. The summed E-state index contributed by atoms with van der Waals surface area (Å²) in [6.45, 7) is 2.92. The van der Waals surface area contributed by atoms with Crippen LogP contribution in [-0.2, 0) is 13.5 Å². The molecule has 0 unspecified atom stereocenters. The predicted molar refractivity (Wildman–Crippen MR) is 121 cm³/mol. The second kappa shape index (κ2) is 10.3. The molecule has 1 saturated heterocycles. The van der Waals surface area contributed by atoms with Crippen molar-refractivity contribution in [2.75, 3.05) is 19.6 Å². The number of aryl methyl sites for hydroxylation is 1. The minimum atomic E-state index is -0.0628. The van der Waals surface area contributed by atoms with Gasteiger partial charge in [-0.25, -0.2) is 0 Å². The van der Waals surface area contributed by atoms with E-state index in [4.69, 9.17) is 4.98 Å². The molecule has 3 heterocycles. The minimum Gasteiger partial charge on any atom is -0.352 e. The Bertz CT molecular complexity index is 994. The van der Waals surface area contributed by atoms with E-state index < -0.39 is 0 Å². The summed E-state index contributed by atoms with van der Waals surface area (Å²) in [5, 5.41) is 14.7. The van der Waals surface area contributed by atoms with Crippen molar-refractivity contribution in [2.45, 2.75) is 32.1 Å². The third-order valence-electron chi connectivity index (χ3n) is 5.77. The Balaban J connectivity index is 1.45. The molecule has 1 amide bonds. The number of benzene rings is 1. The summed E-state index contributed by atoms with van der Waals surface area (Å²) in [6.07, 6.45) is 7.13. The average Bonchev–Trinajstić information content (AvgIpc) is 3.24. The van der Waals surface area contributed by atoms with Gasteiger partial charge in [-0.15, -0.1) is 5.10 Å². The maximum atomic E-state index is 12.9. The number of hydrogen-bond donors (Lipinski definition) is 2. The summed E-state index contributed by atoms with van der Waals surface area (Å²) in [4.78, 5) is 17.6. The van der Waals surface area contributed by atoms with Crippen molar-refractivity contribution in [3.8, 4) is 11.4 Å². The van der Waals surface area contributed by atoms with E-state index in [1.165, 1.54) is 19.3 Å². The zero-order valence-corrected chi connectivity index (χ0v) is 18.1. The molecule has 0 radical (unpaired) electrons. The van der Waals surface area contributed by atoms with Gasteiger partial charge in [-0.05, 0) is 62.4 Å². The monoisotopic (exact) mass is 418 g/mol. The van der Waals surface area contributed by atoms with Crippen LogP contribution in [0.15, 0.2) is 48.7 Å². The fourth-order valence-electron chi connectivity index (χ4n) is 4.08. The van der Waals surface area contributed by atoms with Crippen LogP contribution in [0.3, 0.4) is 0 Å². The Morgan fingerprint density at radius 1 is 1.16 bits per heavy atom. The van der Waals surface area contributed by atoms with Crippen LogP contribution in [0, 0.1) is 5.92 Å². The van der Waals surface area contributed by atoms with E-state index >= 15 is 0 Å². The molecular formula is C24H30N6O. The second-order valence-electron chi connectivity index (χ2n) is 8.26. The minimum absolute atomic E-state index is 0.0628. The van der Waals surface area contributed by atoms with Crippen LogP contribution in [0.2, 0.25) is 0 Å². The van der Waals surface area contributed by atoms with Gasteiger partial charge in [0.2, 0.25) is 0 Å². The summed E-state index contributed by atoms with van der Waals surface area (Å²) >= 11 is 0. The molecule has 0 bridgehead atoms. The molecule has 1 fully saturated rings. The van der Waals surface area contributed by atoms with Gasteiger partial charge in [-0.1, -0.05) is 35.5 Å². The summed E-state index contributed by atoms with van der Waals surface area (Å²) in [6, 6.07) is 13.8. The molecule has 1 aliphatic heterocycles. The smallest absolute Gasteiger partial charge is 0.251 e. The molecule has 1 aromatic carbocycles. The van der Waals surface area contributed by atoms with Crippen molar-refractivity contribution in [3.63, 3.8) is 0 Å². The molecule has 0 spiro atoms. The molecule has 31 heavy (non-hydrogen) atoms. The highest BCUT2D eigenvalue weighted by molar-refractivity contribution is 5.95. The topological polar surface area (TPSA) is 84.7 Å². The largest absolute Gasteiger partial charge is 0.352 e. The fourth-order valence-corrected chi connectivity index (χ4v) is 4.08. The van der Waals surface area contributed by atoms with Crippen LogP contribution in [0.1, 0.15) is 47.3 Å². The van der Waals surface area contributed by atoms with Gasteiger partial charge in [0.1, 0.15) is 5.69 Å². The van der Waals surface area contributed by atoms with Gasteiger partial charge >= 0.3 is 0 Å². The van der Waals surface area contributed by atoms with Crippen molar-refractivity contribution in [1.29, 1.82) is 0 Å². The van der Waals surface area contributed by atoms with Gasteiger partial charge < -0.3 is 10.6 Å². The van der Waals surface area contributed by atoms with E-state index in [1.54, 1.807) is 10.7 Å². The zero-order chi connectivity index (χ0) is 21.5. The van der Waals surface area contributed by atoms with Crippen molar-refractivity contribution in [1.82, 2.24) is 30.6 Å². The lowest BCUT2D eigenvalue weighted by Gasteiger charge is -2.22. The van der Waals surface area contributed by atoms with Crippen molar-refractivity contribution < 1.29 is 4.79 Å². The van der Waals surface area contributed by atoms with E-state index in [2.05, 4.69) is 33.1 Å². The number of pyridine rings is 1. The summed E-state index contributed by atoms with van der Waals surface area (Å²) in [5.74, 6) is 0.715. The lowest BCUT2D eigenvalue weighted by atomic mass is 9.93. The number of piperidine rings is 1. The quantitative estimate of drug-likeness (QED) is 0.550. The molecule has 2 N–H and O–H groups in total. The maximum Gasteiger partial charge on any atom is 0.251 e. The number of amides is 1. The molecule has 3 aromatic rings. The van der Waals surface area contributed by atoms with Crippen molar-refractivity contribution in [3.05, 3.63) is 65.5 Å². The number of nitrogens with zero attached hydrogens (tertiary/aromatic N) is 4. The zero-order valence-electron chi connectivity index (χ0n) is 18.1. The normalized spacial score (nSPS) is 14.5. The van der Waals surface area contributed by atoms with E-state index in [1.807, 2.05) is 37.5 Å². The highest BCUT2D eigenvalue weighted by Crippen LogP contribution is 2.20.